The minimum atomic E-state index is 1.09. The van der Waals surface area contributed by atoms with Crippen LogP contribution < -0.4 is 5.32 Å². The maximum absolute atomic E-state index is 3.20. The highest BCUT2D eigenvalue weighted by Crippen LogP contribution is 2.13. The third-order valence-electron chi connectivity index (χ3n) is 2.91. The zero-order valence-corrected chi connectivity index (χ0v) is 10.1. The standard InChI is InChI=1S/C13H24N2/c1-3-15(12-10-14-2)11-9-13-7-5-4-6-8-13/h5,7-8,14H,3-4,6,9-12H2,1-2H3. The highest BCUT2D eigenvalue weighted by atomic mass is 15.1. The van der Waals surface area contributed by atoms with Crippen LogP contribution in [0.5, 0.6) is 0 Å². The summed E-state index contributed by atoms with van der Waals surface area (Å²) >= 11 is 0. The van der Waals surface area contributed by atoms with Gasteiger partial charge in [0, 0.05) is 19.6 Å². The Bertz CT molecular complexity index is 219. The summed E-state index contributed by atoms with van der Waals surface area (Å²) in [6, 6.07) is 0. The first-order chi connectivity index (χ1) is 7.36. The van der Waals surface area contributed by atoms with Crippen molar-refractivity contribution in [2.45, 2.75) is 26.2 Å². The zero-order valence-electron chi connectivity index (χ0n) is 10.1. The van der Waals surface area contributed by atoms with Crippen molar-refractivity contribution in [2.75, 3.05) is 33.2 Å². The molecule has 0 aromatic carbocycles. The molecule has 15 heavy (non-hydrogen) atoms. The van der Waals surface area contributed by atoms with Crippen LogP contribution >= 0.6 is 0 Å². The van der Waals surface area contributed by atoms with Gasteiger partial charge in [0.15, 0.2) is 0 Å². The summed E-state index contributed by atoms with van der Waals surface area (Å²) in [4.78, 5) is 2.50. The first-order valence-electron chi connectivity index (χ1n) is 6.09. The van der Waals surface area contributed by atoms with Crippen molar-refractivity contribution in [3.8, 4) is 0 Å². The van der Waals surface area contributed by atoms with E-state index in [9.17, 15) is 0 Å². The van der Waals surface area contributed by atoms with E-state index in [4.69, 9.17) is 0 Å². The molecule has 0 amide bonds. The van der Waals surface area contributed by atoms with Crippen LogP contribution in [0.4, 0.5) is 0 Å². The van der Waals surface area contributed by atoms with Crippen molar-refractivity contribution in [1.82, 2.24) is 10.2 Å². The first-order valence-corrected chi connectivity index (χ1v) is 6.09. The predicted octanol–water partition coefficient (Wildman–Crippen LogP) is 2.19. The van der Waals surface area contributed by atoms with Crippen molar-refractivity contribution in [1.29, 1.82) is 0 Å². The highest BCUT2D eigenvalue weighted by molar-refractivity contribution is 5.22. The molecule has 2 heteroatoms. The van der Waals surface area contributed by atoms with Gasteiger partial charge < -0.3 is 10.2 Å². The van der Waals surface area contributed by atoms with Gasteiger partial charge >= 0.3 is 0 Å². The Kier molecular flexibility index (Phi) is 6.37. The van der Waals surface area contributed by atoms with Gasteiger partial charge in [-0.15, -0.1) is 0 Å². The van der Waals surface area contributed by atoms with Crippen molar-refractivity contribution >= 4 is 0 Å². The molecule has 0 aliphatic heterocycles. The molecular formula is C13H24N2. The van der Waals surface area contributed by atoms with Crippen molar-refractivity contribution in [3.05, 3.63) is 23.8 Å². The molecule has 0 heterocycles. The Morgan fingerprint density at radius 2 is 2.20 bits per heavy atom. The SMILES string of the molecule is CCN(CCNC)CCC1=CCCC=C1. The summed E-state index contributed by atoms with van der Waals surface area (Å²) < 4.78 is 0. The summed E-state index contributed by atoms with van der Waals surface area (Å²) in [5.74, 6) is 0. The molecule has 0 aromatic rings. The number of nitrogens with zero attached hydrogens (tertiary/aromatic N) is 1. The summed E-state index contributed by atoms with van der Waals surface area (Å²) in [5.41, 5.74) is 1.52. The van der Waals surface area contributed by atoms with E-state index in [1.807, 2.05) is 7.05 Å². The average Bonchev–Trinajstić information content (AvgIpc) is 2.31. The molecule has 0 saturated heterocycles. The fourth-order valence-electron chi connectivity index (χ4n) is 1.84. The molecule has 1 aliphatic rings. The van der Waals surface area contributed by atoms with Gasteiger partial charge in [0.05, 0.1) is 0 Å². The van der Waals surface area contributed by atoms with E-state index in [1.54, 1.807) is 0 Å². The number of likely N-dealkylation sites (N-methyl/N-ethyl adjacent to an activating group) is 2. The first kappa shape index (κ1) is 12.5. The van der Waals surface area contributed by atoms with Crippen molar-refractivity contribution in [3.63, 3.8) is 0 Å². The van der Waals surface area contributed by atoms with Crippen LogP contribution in [0.1, 0.15) is 26.2 Å². The topological polar surface area (TPSA) is 15.3 Å². The Labute approximate surface area is 94.0 Å². The minimum Gasteiger partial charge on any atom is -0.318 e. The zero-order chi connectivity index (χ0) is 10.9. The third-order valence-corrected chi connectivity index (χ3v) is 2.91. The van der Waals surface area contributed by atoms with Crippen LogP contribution in [0.3, 0.4) is 0 Å². The van der Waals surface area contributed by atoms with Gasteiger partial charge in [-0.2, -0.15) is 0 Å². The Morgan fingerprint density at radius 1 is 1.33 bits per heavy atom. The number of rotatable bonds is 7. The molecule has 2 nitrogen and oxygen atoms in total. The second-order valence-corrected chi connectivity index (χ2v) is 4.05. The maximum Gasteiger partial charge on any atom is 0.0107 e. The van der Waals surface area contributed by atoms with E-state index in [0.717, 1.165) is 19.6 Å². The van der Waals surface area contributed by atoms with E-state index in [0.29, 0.717) is 0 Å². The lowest BCUT2D eigenvalue weighted by Crippen LogP contribution is -2.31. The molecule has 86 valence electrons. The average molecular weight is 208 g/mol. The van der Waals surface area contributed by atoms with E-state index < -0.39 is 0 Å². The van der Waals surface area contributed by atoms with Gasteiger partial charge in [0.2, 0.25) is 0 Å². The molecule has 0 unspecified atom stereocenters. The normalized spacial score (nSPS) is 15.8. The fraction of sp³-hybridized carbons (Fsp3) is 0.692. The molecule has 0 bridgehead atoms. The van der Waals surface area contributed by atoms with Crippen molar-refractivity contribution in [2.24, 2.45) is 0 Å². The highest BCUT2D eigenvalue weighted by Gasteiger charge is 2.03. The second kappa shape index (κ2) is 7.66. The van der Waals surface area contributed by atoms with Crippen LogP contribution in [0.25, 0.3) is 0 Å². The molecular weight excluding hydrogens is 184 g/mol. The minimum absolute atomic E-state index is 1.09. The van der Waals surface area contributed by atoms with Crippen LogP contribution in [-0.4, -0.2) is 38.1 Å². The molecule has 0 aromatic heterocycles. The molecule has 0 fully saturated rings. The summed E-state index contributed by atoms with van der Waals surface area (Å²) in [5, 5.41) is 3.20. The quantitative estimate of drug-likeness (QED) is 0.690. The third kappa shape index (κ3) is 5.14. The molecule has 1 rings (SSSR count). The van der Waals surface area contributed by atoms with Crippen LogP contribution in [-0.2, 0) is 0 Å². The molecule has 0 atom stereocenters. The summed E-state index contributed by atoms with van der Waals surface area (Å²) in [6.07, 6.45) is 10.6. The lowest BCUT2D eigenvalue weighted by Gasteiger charge is -2.20. The van der Waals surface area contributed by atoms with Crippen molar-refractivity contribution < 1.29 is 0 Å². The molecule has 1 N–H and O–H groups in total. The Morgan fingerprint density at radius 3 is 2.80 bits per heavy atom. The Balaban J connectivity index is 2.21. The second-order valence-electron chi connectivity index (χ2n) is 4.05. The molecule has 0 spiro atoms. The molecule has 1 aliphatic carbocycles. The van der Waals surface area contributed by atoms with Crippen LogP contribution in [0.2, 0.25) is 0 Å². The molecule has 0 saturated carbocycles. The largest absolute Gasteiger partial charge is 0.318 e. The predicted molar refractivity (Wildman–Crippen MR) is 67.1 cm³/mol. The number of hydrogen-bond acceptors (Lipinski definition) is 2. The van der Waals surface area contributed by atoms with Gasteiger partial charge in [-0.05, 0) is 32.9 Å². The maximum atomic E-state index is 3.20. The van der Waals surface area contributed by atoms with Gasteiger partial charge in [-0.1, -0.05) is 30.7 Å². The Hall–Kier alpha value is -0.600. The van der Waals surface area contributed by atoms with Gasteiger partial charge in [-0.3, -0.25) is 0 Å². The number of nitrogens with one attached hydrogen (secondary N) is 1. The van der Waals surface area contributed by atoms with Crippen LogP contribution in [0, 0.1) is 0 Å². The summed E-state index contributed by atoms with van der Waals surface area (Å²) in [6.45, 7) is 6.82. The number of hydrogen-bond donors (Lipinski definition) is 1. The fourth-order valence-corrected chi connectivity index (χ4v) is 1.84. The van der Waals surface area contributed by atoms with Gasteiger partial charge in [-0.25, -0.2) is 0 Å². The lowest BCUT2D eigenvalue weighted by atomic mass is 10.0. The lowest BCUT2D eigenvalue weighted by molar-refractivity contribution is 0.294. The van der Waals surface area contributed by atoms with E-state index >= 15 is 0 Å². The smallest absolute Gasteiger partial charge is 0.0107 e. The monoisotopic (exact) mass is 208 g/mol. The summed E-state index contributed by atoms with van der Waals surface area (Å²) in [7, 11) is 2.01. The van der Waals surface area contributed by atoms with Gasteiger partial charge in [0.25, 0.3) is 0 Å². The van der Waals surface area contributed by atoms with E-state index in [-0.39, 0.29) is 0 Å². The van der Waals surface area contributed by atoms with E-state index in [2.05, 4.69) is 35.4 Å². The number of allylic oxidation sites excluding steroid dienone is 3. The van der Waals surface area contributed by atoms with Gasteiger partial charge in [0.1, 0.15) is 0 Å². The van der Waals surface area contributed by atoms with Crippen LogP contribution in [0.15, 0.2) is 23.8 Å². The molecule has 0 radical (unpaired) electrons. The van der Waals surface area contributed by atoms with E-state index in [1.165, 1.54) is 31.4 Å².